The molecule has 1 unspecified atom stereocenters. The number of phenolic OH excluding ortho intramolecular Hbond substituents is 1. The Bertz CT molecular complexity index is 1050. The largest absolute Gasteiger partial charge is 0.505 e. The van der Waals surface area contributed by atoms with Gasteiger partial charge in [-0.2, -0.15) is 0 Å². The van der Waals surface area contributed by atoms with Crippen molar-refractivity contribution in [1.82, 2.24) is 15.0 Å². The van der Waals surface area contributed by atoms with E-state index >= 15 is 0 Å². The van der Waals surface area contributed by atoms with E-state index in [1.54, 1.807) is 30.3 Å². The fraction of sp³-hybridized carbons (Fsp3) is 0.381. The molecule has 0 saturated heterocycles. The quantitative estimate of drug-likeness (QED) is 0.649. The van der Waals surface area contributed by atoms with Crippen LogP contribution in [0.3, 0.4) is 0 Å². The zero-order chi connectivity index (χ0) is 20.8. The van der Waals surface area contributed by atoms with Crippen molar-refractivity contribution >= 4 is 28.6 Å². The summed E-state index contributed by atoms with van der Waals surface area (Å²) in [5.74, 6) is -2.15. The number of halogens is 1. The van der Waals surface area contributed by atoms with Crippen molar-refractivity contribution in [2.75, 3.05) is 0 Å². The zero-order valence-corrected chi connectivity index (χ0v) is 17.3. The van der Waals surface area contributed by atoms with Gasteiger partial charge < -0.3 is 10.2 Å². The van der Waals surface area contributed by atoms with Gasteiger partial charge in [-0.1, -0.05) is 52.3 Å². The van der Waals surface area contributed by atoms with Crippen LogP contribution >= 0.6 is 11.6 Å². The van der Waals surface area contributed by atoms with Crippen molar-refractivity contribution in [3.8, 4) is 11.4 Å². The third kappa shape index (κ3) is 3.69. The second-order valence-corrected chi connectivity index (χ2v) is 8.80. The van der Waals surface area contributed by atoms with Crippen LogP contribution in [-0.4, -0.2) is 31.2 Å². The van der Waals surface area contributed by atoms with Crippen LogP contribution in [0.1, 0.15) is 51.7 Å². The van der Waals surface area contributed by atoms with Crippen molar-refractivity contribution in [2.45, 2.75) is 46.0 Å². The number of aromatic hydroxyl groups is 1. The summed E-state index contributed by atoms with van der Waals surface area (Å²) in [4.78, 5) is 13.3. The summed E-state index contributed by atoms with van der Waals surface area (Å²) in [6.07, 6.45) is 0. The average molecular weight is 402 g/mol. The molecule has 0 aliphatic rings. The minimum Gasteiger partial charge on any atom is -0.505 e. The van der Waals surface area contributed by atoms with E-state index in [4.69, 9.17) is 11.6 Å². The SMILES string of the molecule is CC(C)C(C(=O)O)c1cc(C(C)(C)C)cc(-n2nc3ccc(Cl)cc3n2)c1O. The van der Waals surface area contributed by atoms with Crippen LogP contribution in [0.4, 0.5) is 0 Å². The maximum atomic E-state index is 11.9. The van der Waals surface area contributed by atoms with E-state index in [2.05, 4.69) is 10.2 Å². The predicted molar refractivity (Wildman–Crippen MR) is 109 cm³/mol. The van der Waals surface area contributed by atoms with E-state index in [9.17, 15) is 15.0 Å². The maximum absolute atomic E-state index is 11.9. The van der Waals surface area contributed by atoms with E-state index in [-0.39, 0.29) is 17.1 Å². The lowest BCUT2D eigenvalue weighted by atomic mass is 9.81. The van der Waals surface area contributed by atoms with Gasteiger partial charge in [-0.25, -0.2) is 0 Å². The Kier molecular flexibility index (Phi) is 5.10. The third-order valence-corrected chi connectivity index (χ3v) is 5.05. The van der Waals surface area contributed by atoms with Crippen LogP contribution in [0.2, 0.25) is 5.02 Å². The molecule has 0 bridgehead atoms. The lowest BCUT2D eigenvalue weighted by molar-refractivity contribution is -0.139. The van der Waals surface area contributed by atoms with Gasteiger partial charge in [-0.15, -0.1) is 15.0 Å². The first-order chi connectivity index (χ1) is 13.0. The van der Waals surface area contributed by atoms with Crippen LogP contribution in [0, 0.1) is 5.92 Å². The number of benzene rings is 2. The van der Waals surface area contributed by atoms with E-state index in [0.717, 1.165) is 5.56 Å². The van der Waals surface area contributed by atoms with Crippen molar-refractivity contribution in [3.63, 3.8) is 0 Å². The Morgan fingerprint density at radius 3 is 2.32 bits per heavy atom. The van der Waals surface area contributed by atoms with E-state index in [1.807, 2.05) is 34.6 Å². The molecule has 0 radical (unpaired) electrons. The summed E-state index contributed by atoms with van der Waals surface area (Å²) in [5, 5.41) is 30.2. The molecule has 0 aliphatic heterocycles. The van der Waals surface area contributed by atoms with Gasteiger partial charge in [0, 0.05) is 10.6 Å². The molecule has 0 spiro atoms. The summed E-state index contributed by atoms with van der Waals surface area (Å²) < 4.78 is 0. The van der Waals surface area contributed by atoms with Gasteiger partial charge in [0.1, 0.15) is 22.5 Å². The molecule has 0 saturated carbocycles. The van der Waals surface area contributed by atoms with Crippen molar-refractivity contribution in [2.24, 2.45) is 5.92 Å². The number of phenols is 1. The lowest BCUT2D eigenvalue weighted by Crippen LogP contribution is -2.20. The molecule has 2 aromatic carbocycles. The monoisotopic (exact) mass is 401 g/mol. The number of nitrogens with zero attached hydrogens (tertiary/aromatic N) is 3. The molecule has 0 aliphatic carbocycles. The molecule has 6 nitrogen and oxygen atoms in total. The Hall–Kier alpha value is -2.60. The summed E-state index contributed by atoms with van der Waals surface area (Å²) >= 11 is 6.04. The number of carbonyl (C=O) groups is 1. The van der Waals surface area contributed by atoms with Crippen molar-refractivity contribution in [3.05, 3.63) is 46.5 Å². The summed E-state index contributed by atoms with van der Waals surface area (Å²) in [6.45, 7) is 9.74. The fourth-order valence-electron chi connectivity index (χ4n) is 3.24. The lowest BCUT2D eigenvalue weighted by Gasteiger charge is -2.25. The maximum Gasteiger partial charge on any atom is 0.311 e. The molecule has 0 amide bonds. The molecule has 3 rings (SSSR count). The third-order valence-electron chi connectivity index (χ3n) is 4.81. The Balaban J connectivity index is 2.30. The van der Waals surface area contributed by atoms with Crippen LogP contribution in [0.25, 0.3) is 16.7 Å². The molecule has 1 atom stereocenters. The molecule has 148 valence electrons. The van der Waals surface area contributed by atoms with Crippen molar-refractivity contribution in [1.29, 1.82) is 0 Å². The second-order valence-electron chi connectivity index (χ2n) is 8.37. The van der Waals surface area contributed by atoms with Gasteiger partial charge in [0.2, 0.25) is 0 Å². The number of hydrogen-bond donors (Lipinski definition) is 2. The Morgan fingerprint density at radius 2 is 1.75 bits per heavy atom. The summed E-state index contributed by atoms with van der Waals surface area (Å²) in [5.41, 5.74) is 2.57. The highest BCUT2D eigenvalue weighted by molar-refractivity contribution is 6.31. The average Bonchev–Trinajstić information content (AvgIpc) is 2.97. The van der Waals surface area contributed by atoms with Crippen LogP contribution in [0.5, 0.6) is 5.75 Å². The fourth-order valence-corrected chi connectivity index (χ4v) is 3.40. The smallest absolute Gasteiger partial charge is 0.311 e. The molecule has 7 heteroatoms. The first kappa shape index (κ1) is 20.1. The minimum absolute atomic E-state index is 0.125. The van der Waals surface area contributed by atoms with Gasteiger partial charge in [0.25, 0.3) is 0 Å². The zero-order valence-electron chi connectivity index (χ0n) is 16.6. The van der Waals surface area contributed by atoms with Crippen LogP contribution < -0.4 is 0 Å². The number of rotatable bonds is 4. The highest BCUT2D eigenvalue weighted by atomic mass is 35.5. The Labute approximate surface area is 168 Å². The number of hydrogen-bond acceptors (Lipinski definition) is 4. The van der Waals surface area contributed by atoms with Crippen LogP contribution in [-0.2, 0) is 10.2 Å². The molecule has 3 aromatic rings. The van der Waals surface area contributed by atoms with Gasteiger partial charge in [0.15, 0.2) is 0 Å². The van der Waals surface area contributed by atoms with Crippen LogP contribution in [0.15, 0.2) is 30.3 Å². The van der Waals surface area contributed by atoms with Gasteiger partial charge in [-0.3, -0.25) is 4.79 Å². The molecule has 0 fully saturated rings. The first-order valence-electron chi connectivity index (χ1n) is 9.12. The number of carboxylic acids is 1. The number of carboxylic acid groups (broad SMARTS) is 1. The summed E-state index contributed by atoms with van der Waals surface area (Å²) in [7, 11) is 0. The molecule has 28 heavy (non-hydrogen) atoms. The second kappa shape index (κ2) is 7.09. The van der Waals surface area contributed by atoms with E-state index in [0.29, 0.717) is 27.3 Å². The van der Waals surface area contributed by atoms with Gasteiger partial charge in [-0.05, 0) is 41.2 Å². The molecule has 2 N–H and O–H groups in total. The highest BCUT2D eigenvalue weighted by Gasteiger charge is 2.30. The summed E-state index contributed by atoms with van der Waals surface area (Å²) in [6, 6.07) is 8.75. The van der Waals surface area contributed by atoms with Crippen molar-refractivity contribution < 1.29 is 15.0 Å². The number of aliphatic carboxylic acids is 1. The first-order valence-corrected chi connectivity index (χ1v) is 9.50. The topological polar surface area (TPSA) is 88.2 Å². The Morgan fingerprint density at radius 1 is 1.11 bits per heavy atom. The number of aromatic nitrogens is 3. The number of fused-ring (bicyclic) bond motifs is 1. The highest BCUT2D eigenvalue weighted by Crippen LogP contribution is 2.39. The molecule has 1 heterocycles. The standard InChI is InChI=1S/C21H24ClN3O3/c1-11(2)18(20(27)28)14-8-12(21(3,4)5)9-17(19(14)26)25-23-15-7-6-13(22)10-16(15)24-25/h6-11,18,26H,1-5H3,(H,27,28). The molecule has 1 aromatic heterocycles. The van der Waals surface area contributed by atoms with E-state index in [1.165, 1.54) is 4.80 Å². The molecular formula is C21H24ClN3O3. The molecular weight excluding hydrogens is 378 g/mol. The van der Waals surface area contributed by atoms with Gasteiger partial charge >= 0.3 is 5.97 Å². The van der Waals surface area contributed by atoms with Gasteiger partial charge in [0.05, 0.1) is 5.92 Å². The predicted octanol–water partition coefficient (Wildman–Crippen LogP) is 4.90. The normalized spacial score (nSPS) is 13.2. The minimum atomic E-state index is -0.979. The van der Waals surface area contributed by atoms with E-state index < -0.39 is 11.9 Å².